The molecule has 0 unspecified atom stereocenters. The molecule has 0 aliphatic carbocycles. The van der Waals surface area contributed by atoms with Crippen molar-refractivity contribution in [3.63, 3.8) is 0 Å². The van der Waals surface area contributed by atoms with Crippen molar-refractivity contribution in [1.82, 2.24) is 0 Å². The first kappa shape index (κ1) is 8.28. The maximum atomic E-state index is 5.56. The second kappa shape index (κ2) is 4.14. The monoisotopic (exact) mass is 212 g/mol. The van der Waals surface area contributed by atoms with Crippen LogP contribution in [0.5, 0.6) is 0 Å². The predicted molar refractivity (Wildman–Crippen MR) is 40.2 cm³/mol. The average molecular weight is 213 g/mol. The standard InChI is InChI=1S/C6H5N.2ClH.V/c7-6-4-2-1-3-5-6;;;/h1-5H;2*1H;/q;;;+2/p-2. The molecular weight excluding hydrogens is 208 g/mol. The molecule has 0 bridgehead atoms. The molecular formula is C6H5Cl2NV. The van der Waals surface area contributed by atoms with Crippen molar-refractivity contribution in [3.05, 3.63) is 30.3 Å². The number of halogens is 2. The van der Waals surface area contributed by atoms with Crippen molar-refractivity contribution in [3.8, 4) is 0 Å². The number of rotatable bonds is 1. The predicted octanol–water partition coefficient (Wildman–Crippen LogP) is 3.43. The topological polar surface area (TPSA) is 12.4 Å². The maximum absolute atomic E-state index is 5.56. The molecule has 0 aliphatic heterocycles. The third-order valence-electron chi connectivity index (χ3n) is 0.947. The van der Waals surface area contributed by atoms with Crippen LogP contribution in [0.25, 0.3) is 0 Å². The van der Waals surface area contributed by atoms with Gasteiger partial charge >= 0.3 is 72.6 Å². The van der Waals surface area contributed by atoms with E-state index in [1.165, 1.54) is 0 Å². The molecule has 0 spiro atoms. The van der Waals surface area contributed by atoms with E-state index in [0.29, 0.717) is 0 Å². The molecule has 0 saturated heterocycles. The van der Waals surface area contributed by atoms with Gasteiger partial charge in [-0.1, -0.05) is 0 Å². The second-order valence-corrected chi connectivity index (χ2v) is 5.99. The van der Waals surface area contributed by atoms with Crippen LogP contribution >= 0.6 is 19.7 Å². The van der Waals surface area contributed by atoms with Gasteiger partial charge in [0.15, 0.2) is 0 Å². The summed E-state index contributed by atoms with van der Waals surface area (Å²) in [5.41, 5.74) is 0.868. The summed E-state index contributed by atoms with van der Waals surface area (Å²) < 4.78 is 4.04. The fraction of sp³-hybridized carbons (Fsp3) is 0. The summed E-state index contributed by atoms with van der Waals surface area (Å²) in [5.74, 6) is 0. The van der Waals surface area contributed by atoms with Crippen LogP contribution < -0.4 is 0 Å². The molecule has 0 radical (unpaired) electrons. The van der Waals surface area contributed by atoms with Gasteiger partial charge in [-0.15, -0.1) is 0 Å². The zero-order valence-electron chi connectivity index (χ0n) is 5.04. The first-order valence-corrected chi connectivity index (χ1v) is 7.14. The molecule has 0 aliphatic rings. The van der Waals surface area contributed by atoms with Gasteiger partial charge in [0, 0.05) is 0 Å². The molecule has 53 valence electrons. The van der Waals surface area contributed by atoms with Crippen molar-refractivity contribution in [2.75, 3.05) is 0 Å². The molecule has 1 aromatic carbocycles. The summed E-state index contributed by atoms with van der Waals surface area (Å²) in [4.78, 5) is 0. The van der Waals surface area contributed by atoms with E-state index in [4.69, 9.17) is 19.7 Å². The van der Waals surface area contributed by atoms with Crippen LogP contribution in [-0.2, 0) is 13.1 Å². The van der Waals surface area contributed by atoms with Crippen molar-refractivity contribution in [2.45, 2.75) is 0 Å². The van der Waals surface area contributed by atoms with Crippen molar-refractivity contribution < 1.29 is 13.1 Å². The first-order valence-electron chi connectivity index (χ1n) is 2.67. The van der Waals surface area contributed by atoms with Gasteiger partial charge in [0.2, 0.25) is 0 Å². The first-order chi connectivity index (χ1) is 4.79. The van der Waals surface area contributed by atoms with Gasteiger partial charge in [-0.25, -0.2) is 0 Å². The third-order valence-corrected chi connectivity index (χ3v) is 2.17. The molecule has 0 aromatic heterocycles. The normalized spacial score (nSPS) is 9.00. The third kappa shape index (κ3) is 2.85. The second-order valence-electron chi connectivity index (χ2n) is 1.65. The van der Waals surface area contributed by atoms with Gasteiger partial charge in [0.1, 0.15) is 0 Å². The summed E-state index contributed by atoms with van der Waals surface area (Å²) in [6.07, 6.45) is 0. The number of hydrogen-bond donors (Lipinski definition) is 0. The molecule has 0 amide bonds. The van der Waals surface area contributed by atoms with Crippen molar-refractivity contribution in [2.24, 2.45) is 3.79 Å². The zero-order valence-corrected chi connectivity index (χ0v) is 7.95. The molecule has 1 rings (SSSR count). The van der Waals surface area contributed by atoms with E-state index >= 15 is 0 Å². The number of benzene rings is 1. The molecule has 0 N–H and O–H groups in total. The average Bonchev–Trinajstić information content (AvgIpc) is 1.88. The summed E-state index contributed by atoms with van der Waals surface area (Å²) in [6.45, 7) is 0. The summed E-state index contributed by atoms with van der Waals surface area (Å²) in [6, 6.07) is 9.51. The molecule has 1 aromatic rings. The van der Waals surface area contributed by atoms with Crippen LogP contribution in [0.2, 0.25) is 0 Å². The van der Waals surface area contributed by atoms with Gasteiger partial charge in [0.25, 0.3) is 0 Å². The molecule has 1 nitrogen and oxygen atoms in total. The minimum absolute atomic E-state index is 0.868. The van der Waals surface area contributed by atoms with E-state index in [1.807, 2.05) is 30.3 Å². The number of nitrogens with zero attached hydrogens (tertiary/aromatic N) is 1. The molecule has 0 fully saturated rings. The van der Waals surface area contributed by atoms with E-state index < -0.39 is 13.1 Å². The molecule has 10 heavy (non-hydrogen) atoms. The van der Waals surface area contributed by atoms with Gasteiger partial charge in [-0.05, 0) is 0 Å². The Morgan fingerprint density at radius 3 is 2.20 bits per heavy atom. The van der Waals surface area contributed by atoms with Crippen LogP contribution in [0.3, 0.4) is 0 Å². The van der Waals surface area contributed by atoms with E-state index in [9.17, 15) is 0 Å². The molecule has 0 saturated carbocycles. The van der Waals surface area contributed by atoms with Crippen LogP contribution in [-0.4, -0.2) is 0 Å². The summed E-state index contributed by atoms with van der Waals surface area (Å²) in [7, 11) is 11.1. The summed E-state index contributed by atoms with van der Waals surface area (Å²) >= 11 is -1.89. The SMILES string of the molecule is [Cl][V]([Cl])=[N]c1ccccc1. The van der Waals surface area contributed by atoms with Crippen molar-refractivity contribution in [1.29, 1.82) is 0 Å². The van der Waals surface area contributed by atoms with E-state index in [-0.39, 0.29) is 0 Å². The Hall–Kier alpha value is 0.184. The molecule has 4 heteroatoms. The Labute approximate surface area is 72.5 Å². The van der Waals surface area contributed by atoms with Gasteiger partial charge in [-0.2, -0.15) is 0 Å². The van der Waals surface area contributed by atoms with Crippen LogP contribution in [0, 0.1) is 0 Å². The fourth-order valence-corrected chi connectivity index (χ4v) is 1.78. The Morgan fingerprint density at radius 1 is 1.10 bits per heavy atom. The minimum atomic E-state index is -1.89. The van der Waals surface area contributed by atoms with Crippen LogP contribution in [0.15, 0.2) is 34.1 Å². The Bertz CT molecular complexity index is 231. The quantitative estimate of drug-likeness (QED) is 0.677. The fourth-order valence-electron chi connectivity index (χ4n) is 0.582. The van der Waals surface area contributed by atoms with E-state index in [0.717, 1.165) is 5.69 Å². The Balaban J connectivity index is 2.87. The van der Waals surface area contributed by atoms with E-state index in [1.54, 1.807) is 0 Å². The van der Waals surface area contributed by atoms with Gasteiger partial charge in [0.05, 0.1) is 0 Å². The van der Waals surface area contributed by atoms with Crippen LogP contribution in [0.4, 0.5) is 5.69 Å². The molecule has 0 atom stereocenters. The van der Waals surface area contributed by atoms with Crippen molar-refractivity contribution >= 4 is 25.4 Å². The van der Waals surface area contributed by atoms with E-state index in [2.05, 4.69) is 3.79 Å². The summed E-state index contributed by atoms with van der Waals surface area (Å²) in [5, 5.41) is 0. The van der Waals surface area contributed by atoms with Gasteiger partial charge < -0.3 is 0 Å². The Morgan fingerprint density at radius 2 is 1.70 bits per heavy atom. The molecule has 0 heterocycles. The van der Waals surface area contributed by atoms with Gasteiger partial charge in [-0.3, -0.25) is 0 Å². The number of hydrogen-bond acceptors (Lipinski definition) is 1. The zero-order chi connectivity index (χ0) is 7.40. The van der Waals surface area contributed by atoms with Crippen LogP contribution in [0.1, 0.15) is 0 Å². The Kier molecular flexibility index (Phi) is 3.43.